The molecule has 192 valence electrons. The van der Waals surface area contributed by atoms with Crippen molar-refractivity contribution in [2.45, 2.75) is 64.5 Å². The van der Waals surface area contributed by atoms with Crippen LogP contribution < -0.4 is 10.2 Å². The Bertz CT molecular complexity index is 1330. The molecule has 1 atom stereocenters. The Morgan fingerprint density at radius 2 is 1.89 bits per heavy atom. The average Bonchev–Trinajstić information content (AvgIpc) is 2.84. The first-order valence-corrected chi connectivity index (χ1v) is 12.7. The van der Waals surface area contributed by atoms with E-state index in [4.69, 9.17) is 16.3 Å². The lowest BCUT2D eigenvalue weighted by Crippen LogP contribution is -2.30. The van der Waals surface area contributed by atoms with Gasteiger partial charge in [-0.1, -0.05) is 43.0 Å². The molecule has 0 amide bonds. The number of aromatic nitrogens is 1. The Labute approximate surface area is 214 Å². The zero-order valence-corrected chi connectivity index (χ0v) is 21.2. The minimum Gasteiger partial charge on any atom is -0.491 e. The van der Waals surface area contributed by atoms with Crippen LogP contribution in [0.25, 0.3) is 10.9 Å². The molecule has 0 spiro atoms. The number of ether oxygens (including phenoxy) is 1. The first-order valence-electron chi connectivity index (χ1n) is 12.4. The molecule has 6 nitrogen and oxygen atoms in total. The van der Waals surface area contributed by atoms with Crippen LogP contribution in [0.5, 0.6) is 5.75 Å². The van der Waals surface area contributed by atoms with E-state index in [1.165, 1.54) is 6.07 Å². The molecule has 0 saturated heterocycles. The van der Waals surface area contributed by atoms with Crippen LogP contribution >= 0.6 is 11.6 Å². The first kappa shape index (κ1) is 26.2. The van der Waals surface area contributed by atoms with E-state index in [9.17, 15) is 24.2 Å². The number of hydrogen-bond donors (Lipinski definition) is 2. The van der Waals surface area contributed by atoms with Crippen molar-refractivity contribution in [2.75, 3.05) is 6.61 Å². The van der Waals surface area contributed by atoms with Gasteiger partial charge in [-0.15, -0.1) is 0 Å². The van der Waals surface area contributed by atoms with E-state index < -0.39 is 23.3 Å². The van der Waals surface area contributed by atoms with Gasteiger partial charge < -0.3 is 19.5 Å². The van der Waals surface area contributed by atoms with E-state index in [1.807, 2.05) is 13.8 Å². The standard InChI is InChI=1S/C28H31ClFNO5/c1-16(2)36-26-14-22-20(12-19(26)11-18-9-6-10-21(29)27(18)30)25(33)13-23(28(34)35)31(22)24(15-32)17-7-4-3-5-8-17/h6,9-10,12-14,16-17,24,32H,3-5,7-8,11,15H2,1-2H3,(H,34,35). The smallest absolute Gasteiger partial charge is 0.352 e. The van der Waals surface area contributed by atoms with E-state index in [-0.39, 0.29) is 35.8 Å². The molecule has 3 aromatic rings. The van der Waals surface area contributed by atoms with Crippen molar-refractivity contribution >= 4 is 28.5 Å². The van der Waals surface area contributed by atoms with Gasteiger partial charge in [0.15, 0.2) is 5.43 Å². The number of carboxylic acid groups (broad SMARTS) is 1. The van der Waals surface area contributed by atoms with Crippen molar-refractivity contribution < 1.29 is 24.1 Å². The van der Waals surface area contributed by atoms with Crippen LogP contribution in [-0.2, 0) is 6.42 Å². The van der Waals surface area contributed by atoms with Gasteiger partial charge in [-0.25, -0.2) is 9.18 Å². The molecule has 1 fully saturated rings. The molecule has 36 heavy (non-hydrogen) atoms. The second kappa shape index (κ2) is 11.0. The number of aromatic carboxylic acids is 1. The predicted molar refractivity (Wildman–Crippen MR) is 138 cm³/mol. The fourth-order valence-electron chi connectivity index (χ4n) is 5.29. The maximum absolute atomic E-state index is 14.7. The maximum atomic E-state index is 14.7. The lowest BCUT2D eigenvalue weighted by Gasteiger charge is -2.33. The predicted octanol–water partition coefficient (Wildman–Crippen LogP) is 5.98. The number of aliphatic hydroxyl groups excluding tert-OH is 1. The van der Waals surface area contributed by atoms with Gasteiger partial charge in [0, 0.05) is 23.9 Å². The molecule has 0 radical (unpaired) electrons. The number of aliphatic hydroxyl groups is 1. The van der Waals surface area contributed by atoms with Gasteiger partial charge in [0.2, 0.25) is 0 Å². The minimum atomic E-state index is -1.24. The molecule has 1 aliphatic carbocycles. The third kappa shape index (κ3) is 5.27. The lowest BCUT2D eigenvalue weighted by molar-refractivity contribution is 0.0671. The van der Waals surface area contributed by atoms with Gasteiger partial charge in [-0.05, 0) is 55.9 Å². The van der Waals surface area contributed by atoms with E-state index in [2.05, 4.69) is 0 Å². The summed E-state index contributed by atoms with van der Waals surface area (Å²) in [5, 5.41) is 20.7. The molecule has 0 bridgehead atoms. The zero-order valence-electron chi connectivity index (χ0n) is 20.5. The summed E-state index contributed by atoms with van der Waals surface area (Å²) in [5.41, 5.74) is 0.704. The van der Waals surface area contributed by atoms with Crippen LogP contribution in [0.1, 0.15) is 73.6 Å². The molecule has 8 heteroatoms. The van der Waals surface area contributed by atoms with Gasteiger partial charge >= 0.3 is 5.97 Å². The number of halogens is 2. The average molecular weight is 516 g/mol. The van der Waals surface area contributed by atoms with Gasteiger partial charge in [-0.2, -0.15) is 0 Å². The Morgan fingerprint density at radius 1 is 1.17 bits per heavy atom. The van der Waals surface area contributed by atoms with Crippen LogP contribution in [-0.4, -0.2) is 33.5 Å². The Balaban J connectivity index is 1.96. The highest BCUT2D eigenvalue weighted by Gasteiger charge is 2.29. The molecular formula is C28H31ClFNO5. The fraction of sp³-hybridized carbons (Fsp3) is 0.429. The van der Waals surface area contributed by atoms with Gasteiger partial charge in [0.1, 0.15) is 17.3 Å². The van der Waals surface area contributed by atoms with Crippen molar-refractivity contribution in [2.24, 2.45) is 5.92 Å². The number of carbonyl (C=O) groups is 1. The SMILES string of the molecule is CC(C)Oc1cc2c(cc1Cc1cccc(Cl)c1F)c(=O)cc(C(=O)O)n2C(CO)C1CCCCC1. The zero-order chi connectivity index (χ0) is 26.0. The van der Waals surface area contributed by atoms with E-state index in [1.54, 1.807) is 28.8 Å². The number of pyridine rings is 1. The third-order valence-corrected chi connectivity index (χ3v) is 7.23. The second-order valence-corrected chi connectivity index (χ2v) is 10.2. The van der Waals surface area contributed by atoms with E-state index >= 15 is 0 Å². The van der Waals surface area contributed by atoms with Gasteiger partial charge in [-0.3, -0.25) is 4.79 Å². The summed E-state index contributed by atoms with van der Waals surface area (Å²) in [6.07, 6.45) is 4.80. The fourth-order valence-corrected chi connectivity index (χ4v) is 5.48. The summed E-state index contributed by atoms with van der Waals surface area (Å²) < 4.78 is 22.4. The summed E-state index contributed by atoms with van der Waals surface area (Å²) in [7, 11) is 0. The van der Waals surface area contributed by atoms with Crippen LogP contribution in [0.4, 0.5) is 4.39 Å². The molecule has 1 saturated carbocycles. The lowest BCUT2D eigenvalue weighted by atomic mass is 9.83. The van der Waals surface area contributed by atoms with Crippen LogP contribution in [0, 0.1) is 11.7 Å². The minimum absolute atomic E-state index is 0.00587. The monoisotopic (exact) mass is 515 g/mol. The molecule has 2 N–H and O–H groups in total. The van der Waals surface area contributed by atoms with Gasteiger partial charge in [0.25, 0.3) is 0 Å². The highest BCUT2D eigenvalue weighted by Crippen LogP contribution is 2.37. The van der Waals surface area contributed by atoms with Crippen molar-refractivity contribution in [3.05, 3.63) is 74.3 Å². The van der Waals surface area contributed by atoms with Crippen LogP contribution in [0.2, 0.25) is 5.02 Å². The second-order valence-electron chi connectivity index (χ2n) is 9.75. The summed E-state index contributed by atoms with van der Waals surface area (Å²) in [5.74, 6) is -1.26. The maximum Gasteiger partial charge on any atom is 0.352 e. The highest BCUT2D eigenvalue weighted by molar-refractivity contribution is 6.30. The molecule has 2 aromatic carbocycles. The van der Waals surface area contributed by atoms with Crippen molar-refractivity contribution in [3.8, 4) is 5.75 Å². The number of carboxylic acids is 1. The molecule has 1 aromatic heterocycles. The third-order valence-electron chi connectivity index (χ3n) is 6.94. The molecule has 0 aliphatic heterocycles. The van der Waals surface area contributed by atoms with E-state index in [0.29, 0.717) is 27.8 Å². The molecular weight excluding hydrogens is 485 g/mol. The van der Waals surface area contributed by atoms with Crippen LogP contribution in [0.15, 0.2) is 41.2 Å². The summed E-state index contributed by atoms with van der Waals surface area (Å²) >= 11 is 5.98. The van der Waals surface area contributed by atoms with E-state index in [0.717, 1.165) is 38.2 Å². The van der Waals surface area contributed by atoms with Crippen LogP contribution in [0.3, 0.4) is 0 Å². The highest BCUT2D eigenvalue weighted by atomic mass is 35.5. The van der Waals surface area contributed by atoms with Gasteiger partial charge in [0.05, 0.1) is 29.3 Å². The Morgan fingerprint density at radius 3 is 2.53 bits per heavy atom. The molecule has 1 aliphatic rings. The molecule has 4 rings (SSSR count). The largest absolute Gasteiger partial charge is 0.491 e. The number of hydrogen-bond acceptors (Lipinski definition) is 4. The molecule has 1 heterocycles. The number of benzene rings is 2. The Kier molecular flexibility index (Phi) is 8.00. The normalized spacial score (nSPS) is 15.4. The summed E-state index contributed by atoms with van der Waals surface area (Å²) in [6, 6.07) is 8.68. The summed E-state index contributed by atoms with van der Waals surface area (Å²) in [6.45, 7) is 3.46. The van der Waals surface area contributed by atoms with Crippen molar-refractivity contribution in [1.82, 2.24) is 4.57 Å². The first-order chi connectivity index (χ1) is 17.2. The number of fused-ring (bicyclic) bond motifs is 1. The quantitative estimate of drug-likeness (QED) is 0.385. The molecule has 1 unspecified atom stereocenters. The Hall–Kier alpha value is -2.90. The van der Waals surface area contributed by atoms with Crippen molar-refractivity contribution in [3.63, 3.8) is 0 Å². The topological polar surface area (TPSA) is 88.8 Å². The van der Waals surface area contributed by atoms with Crippen molar-refractivity contribution in [1.29, 1.82) is 0 Å². The number of nitrogens with zero attached hydrogens (tertiary/aromatic N) is 1. The summed E-state index contributed by atoms with van der Waals surface area (Å²) in [4.78, 5) is 25.4. The number of rotatable bonds is 8.